The summed E-state index contributed by atoms with van der Waals surface area (Å²) in [5, 5.41) is 2.82. The van der Waals surface area contributed by atoms with Crippen molar-refractivity contribution in [2.24, 2.45) is 5.92 Å². The van der Waals surface area contributed by atoms with E-state index in [1.54, 1.807) is 11.0 Å². The fourth-order valence-corrected chi connectivity index (χ4v) is 1.77. The van der Waals surface area contributed by atoms with Crippen LogP contribution in [0.4, 0.5) is 0 Å². The number of aromatic nitrogens is 1. The van der Waals surface area contributed by atoms with Crippen LogP contribution in [0.3, 0.4) is 0 Å². The Labute approximate surface area is 120 Å². The second-order valence-electron chi connectivity index (χ2n) is 5.04. The summed E-state index contributed by atoms with van der Waals surface area (Å²) in [6.45, 7) is 9.78. The lowest BCUT2D eigenvalue weighted by Gasteiger charge is -2.18. The fourth-order valence-electron chi connectivity index (χ4n) is 1.77. The molecule has 0 saturated carbocycles. The molecule has 5 heteroatoms. The minimum Gasteiger partial charge on any atom is -0.352 e. The summed E-state index contributed by atoms with van der Waals surface area (Å²) in [7, 11) is 0. The van der Waals surface area contributed by atoms with E-state index >= 15 is 0 Å². The first-order valence-electron chi connectivity index (χ1n) is 7.02. The molecule has 0 saturated heterocycles. The van der Waals surface area contributed by atoms with Crippen molar-refractivity contribution < 1.29 is 9.59 Å². The molecule has 0 radical (unpaired) electrons. The van der Waals surface area contributed by atoms with Crippen molar-refractivity contribution in [2.75, 3.05) is 19.6 Å². The van der Waals surface area contributed by atoms with Gasteiger partial charge in [-0.15, -0.1) is 0 Å². The van der Waals surface area contributed by atoms with Crippen LogP contribution in [0.5, 0.6) is 0 Å². The molecule has 0 aromatic carbocycles. The van der Waals surface area contributed by atoms with Crippen molar-refractivity contribution in [2.45, 2.75) is 27.7 Å². The van der Waals surface area contributed by atoms with Gasteiger partial charge in [-0.25, -0.2) is 0 Å². The highest BCUT2D eigenvalue weighted by Gasteiger charge is 2.15. The molecule has 0 spiro atoms. The Hall–Kier alpha value is -1.91. The van der Waals surface area contributed by atoms with Crippen LogP contribution in [0, 0.1) is 5.92 Å². The van der Waals surface area contributed by atoms with Crippen molar-refractivity contribution >= 4 is 11.8 Å². The highest BCUT2D eigenvalue weighted by molar-refractivity contribution is 5.99. The van der Waals surface area contributed by atoms with Crippen LogP contribution in [0.15, 0.2) is 18.5 Å². The van der Waals surface area contributed by atoms with Gasteiger partial charge in [0.2, 0.25) is 0 Å². The van der Waals surface area contributed by atoms with Gasteiger partial charge in [-0.1, -0.05) is 13.8 Å². The molecule has 1 aromatic heterocycles. The minimum absolute atomic E-state index is 0.0963. The molecule has 1 aromatic rings. The van der Waals surface area contributed by atoms with Gasteiger partial charge >= 0.3 is 0 Å². The van der Waals surface area contributed by atoms with Gasteiger partial charge < -0.3 is 10.2 Å². The third-order valence-electron chi connectivity index (χ3n) is 2.97. The minimum atomic E-state index is -0.194. The van der Waals surface area contributed by atoms with Gasteiger partial charge in [0.05, 0.1) is 11.1 Å². The third kappa shape index (κ3) is 4.33. The van der Waals surface area contributed by atoms with Crippen LogP contribution in [0.1, 0.15) is 48.4 Å². The molecule has 2 amide bonds. The lowest BCUT2D eigenvalue weighted by atomic mass is 10.1. The van der Waals surface area contributed by atoms with E-state index in [9.17, 15) is 9.59 Å². The summed E-state index contributed by atoms with van der Waals surface area (Å²) in [4.78, 5) is 29.9. The molecule has 1 rings (SSSR count). The summed E-state index contributed by atoms with van der Waals surface area (Å²) in [6, 6.07) is 1.60. The molecule has 1 N–H and O–H groups in total. The van der Waals surface area contributed by atoms with Gasteiger partial charge in [0.15, 0.2) is 0 Å². The van der Waals surface area contributed by atoms with E-state index in [2.05, 4.69) is 10.3 Å². The van der Waals surface area contributed by atoms with Crippen LogP contribution in [-0.4, -0.2) is 41.3 Å². The second kappa shape index (κ2) is 7.62. The quantitative estimate of drug-likeness (QED) is 0.864. The van der Waals surface area contributed by atoms with Crippen LogP contribution in [0.2, 0.25) is 0 Å². The van der Waals surface area contributed by atoms with Gasteiger partial charge in [-0.05, 0) is 25.8 Å². The highest BCUT2D eigenvalue weighted by Crippen LogP contribution is 2.07. The van der Waals surface area contributed by atoms with Crippen LogP contribution < -0.4 is 5.32 Å². The fraction of sp³-hybridized carbons (Fsp3) is 0.533. The zero-order valence-electron chi connectivity index (χ0n) is 12.6. The Morgan fingerprint density at radius 1 is 1.20 bits per heavy atom. The number of hydrogen-bond donors (Lipinski definition) is 1. The molecule has 0 atom stereocenters. The molecule has 0 bridgehead atoms. The maximum Gasteiger partial charge on any atom is 0.255 e. The predicted molar refractivity (Wildman–Crippen MR) is 78.7 cm³/mol. The van der Waals surface area contributed by atoms with E-state index in [1.807, 2.05) is 27.7 Å². The smallest absolute Gasteiger partial charge is 0.255 e. The molecule has 20 heavy (non-hydrogen) atoms. The van der Waals surface area contributed by atoms with E-state index in [0.29, 0.717) is 36.7 Å². The standard InChI is InChI=1S/C15H23N3O2/c1-5-18(6-2)15(20)13-7-12(9-16-10-13)14(19)17-8-11(3)4/h7,9-11H,5-6,8H2,1-4H3,(H,17,19). The topological polar surface area (TPSA) is 62.3 Å². The number of rotatable bonds is 6. The summed E-state index contributed by atoms with van der Waals surface area (Å²) >= 11 is 0. The Balaban J connectivity index is 2.85. The number of nitrogens with zero attached hydrogens (tertiary/aromatic N) is 2. The largest absolute Gasteiger partial charge is 0.352 e. The average molecular weight is 277 g/mol. The SMILES string of the molecule is CCN(CC)C(=O)c1cncc(C(=O)NCC(C)C)c1. The molecular formula is C15H23N3O2. The highest BCUT2D eigenvalue weighted by atomic mass is 16.2. The third-order valence-corrected chi connectivity index (χ3v) is 2.97. The van der Waals surface area contributed by atoms with Crippen molar-refractivity contribution in [1.29, 1.82) is 0 Å². The van der Waals surface area contributed by atoms with Gasteiger partial charge in [0, 0.05) is 32.0 Å². The number of pyridine rings is 1. The van der Waals surface area contributed by atoms with Crippen molar-refractivity contribution in [3.05, 3.63) is 29.6 Å². The van der Waals surface area contributed by atoms with Gasteiger partial charge in [-0.3, -0.25) is 14.6 Å². The number of amides is 2. The predicted octanol–water partition coefficient (Wildman–Crippen LogP) is 1.95. The number of hydrogen-bond acceptors (Lipinski definition) is 3. The molecule has 5 nitrogen and oxygen atoms in total. The van der Waals surface area contributed by atoms with Crippen LogP contribution in [-0.2, 0) is 0 Å². The molecule has 0 aliphatic carbocycles. The van der Waals surface area contributed by atoms with Crippen molar-refractivity contribution in [3.63, 3.8) is 0 Å². The zero-order chi connectivity index (χ0) is 15.1. The molecular weight excluding hydrogens is 254 g/mol. The van der Waals surface area contributed by atoms with Crippen LogP contribution in [0.25, 0.3) is 0 Å². The van der Waals surface area contributed by atoms with E-state index < -0.39 is 0 Å². The van der Waals surface area contributed by atoms with Crippen molar-refractivity contribution in [3.8, 4) is 0 Å². The maximum atomic E-state index is 12.2. The lowest BCUT2D eigenvalue weighted by Crippen LogP contribution is -2.31. The summed E-state index contributed by atoms with van der Waals surface area (Å²) in [5.74, 6) is 0.0915. The van der Waals surface area contributed by atoms with E-state index in [0.717, 1.165) is 0 Å². The molecule has 0 aliphatic heterocycles. The van der Waals surface area contributed by atoms with E-state index in [1.165, 1.54) is 12.4 Å². The monoisotopic (exact) mass is 277 g/mol. The first kappa shape index (κ1) is 16.1. The molecule has 1 heterocycles. The van der Waals surface area contributed by atoms with Gasteiger partial charge in [-0.2, -0.15) is 0 Å². The Bertz CT molecular complexity index is 468. The van der Waals surface area contributed by atoms with E-state index in [4.69, 9.17) is 0 Å². The Morgan fingerprint density at radius 3 is 2.35 bits per heavy atom. The zero-order valence-corrected chi connectivity index (χ0v) is 12.6. The van der Waals surface area contributed by atoms with Gasteiger partial charge in [0.1, 0.15) is 0 Å². The molecule has 0 aliphatic rings. The number of carbonyl (C=O) groups excluding carboxylic acids is 2. The molecule has 110 valence electrons. The van der Waals surface area contributed by atoms with Gasteiger partial charge in [0.25, 0.3) is 11.8 Å². The Morgan fingerprint density at radius 2 is 1.80 bits per heavy atom. The molecule has 0 unspecified atom stereocenters. The summed E-state index contributed by atoms with van der Waals surface area (Å²) in [6.07, 6.45) is 2.98. The lowest BCUT2D eigenvalue weighted by molar-refractivity contribution is 0.0772. The first-order valence-corrected chi connectivity index (χ1v) is 7.02. The Kier molecular flexibility index (Phi) is 6.15. The molecule has 0 fully saturated rings. The number of carbonyl (C=O) groups is 2. The average Bonchev–Trinajstić information content (AvgIpc) is 2.46. The second-order valence-corrected chi connectivity index (χ2v) is 5.04. The number of nitrogens with one attached hydrogen (secondary N) is 1. The van der Waals surface area contributed by atoms with Crippen molar-refractivity contribution in [1.82, 2.24) is 15.2 Å². The van der Waals surface area contributed by atoms with E-state index in [-0.39, 0.29) is 11.8 Å². The summed E-state index contributed by atoms with van der Waals surface area (Å²) in [5.41, 5.74) is 0.870. The van der Waals surface area contributed by atoms with Crippen LogP contribution >= 0.6 is 0 Å². The first-order chi connectivity index (χ1) is 9.49. The maximum absolute atomic E-state index is 12.2. The summed E-state index contributed by atoms with van der Waals surface area (Å²) < 4.78 is 0. The normalized spacial score (nSPS) is 10.4.